The summed E-state index contributed by atoms with van der Waals surface area (Å²) in [6.45, 7) is 6.91. The number of aryl methyl sites for hydroxylation is 1. The van der Waals surface area contributed by atoms with Crippen molar-refractivity contribution < 1.29 is 5.11 Å². The number of benzene rings is 1. The first-order valence-electron chi connectivity index (χ1n) is 9.12. The first-order valence-corrected chi connectivity index (χ1v) is 9.94. The molecule has 6 heteroatoms. The Balaban J connectivity index is 1.64. The summed E-state index contributed by atoms with van der Waals surface area (Å²) >= 11 is 1.74. The molecule has 0 bridgehead atoms. The predicted octanol–water partition coefficient (Wildman–Crippen LogP) is 2.70. The van der Waals surface area contributed by atoms with Gasteiger partial charge in [0.2, 0.25) is 0 Å². The third kappa shape index (κ3) is 3.72. The van der Waals surface area contributed by atoms with E-state index in [0.717, 1.165) is 55.6 Å². The first kappa shape index (κ1) is 17.4. The molecule has 1 N–H and O–H groups in total. The lowest BCUT2D eigenvalue weighted by molar-refractivity contribution is 0.188. The highest BCUT2D eigenvalue weighted by Crippen LogP contribution is 2.31. The molecule has 0 atom stereocenters. The average Bonchev–Trinajstić information content (AvgIpc) is 3.03. The summed E-state index contributed by atoms with van der Waals surface area (Å²) in [5, 5.41) is 10.3. The number of fused-ring (bicyclic) bond motifs is 1. The molecule has 3 heterocycles. The number of aromatic nitrogens is 2. The number of thiophene rings is 1. The standard InChI is InChI=1S/C20H24N4OS/c1-15-13-17-19(24-9-7-23(8-10-24)11-12-25)21-18(22-20(17)26-15)14-16-5-3-2-4-6-16/h2-6,13,25H,7-12,14H2,1H3. The van der Waals surface area contributed by atoms with Crippen molar-refractivity contribution in [3.63, 3.8) is 0 Å². The van der Waals surface area contributed by atoms with Crippen LogP contribution in [0.1, 0.15) is 16.3 Å². The van der Waals surface area contributed by atoms with Gasteiger partial charge in [-0.05, 0) is 18.6 Å². The van der Waals surface area contributed by atoms with Gasteiger partial charge < -0.3 is 10.0 Å². The summed E-state index contributed by atoms with van der Waals surface area (Å²) < 4.78 is 0. The molecule has 0 radical (unpaired) electrons. The van der Waals surface area contributed by atoms with Crippen molar-refractivity contribution in [2.75, 3.05) is 44.2 Å². The molecule has 1 aliphatic rings. The predicted molar refractivity (Wildman–Crippen MR) is 107 cm³/mol. The van der Waals surface area contributed by atoms with E-state index in [1.54, 1.807) is 11.3 Å². The van der Waals surface area contributed by atoms with Crippen LogP contribution in [0.15, 0.2) is 36.4 Å². The molecule has 136 valence electrons. The normalized spacial score (nSPS) is 15.7. The fourth-order valence-electron chi connectivity index (χ4n) is 3.49. The highest BCUT2D eigenvalue weighted by molar-refractivity contribution is 7.18. The van der Waals surface area contributed by atoms with Crippen molar-refractivity contribution in [1.82, 2.24) is 14.9 Å². The van der Waals surface area contributed by atoms with Gasteiger partial charge in [0.25, 0.3) is 0 Å². The second-order valence-electron chi connectivity index (χ2n) is 6.75. The fourth-order valence-corrected chi connectivity index (χ4v) is 4.39. The zero-order chi connectivity index (χ0) is 17.9. The monoisotopic (exact) mass is 368 g/mol. The number of hydrogen-bond donors (Lipinski definition) is 1. The fraction of sp³-hybridized carbons (Fsp3) is 0.400. The maximum absolute atomic E-state index is 9.15. The van der Waals surface area contributed by atoms with E-state index in [1.807, 2.05) is 6.07 Å². The first-order chi connectivity index (χ1) is 12.7. The van der Waals surface area contributed by atoms with Gasteiger partial charge in [-0.25, -0.2) is 9.97 Å². The van der Waals surface area contributed by atoms with Gasteiger partial charge in [0, 0.05) is 44.0 Å². The molecule has 0 spiro atoms. The minimum atomic E-state index is 0.225. The van der Waals surface area contributed by atoms with Crippen LogP contribution in [-0.4, -0.2) is 59.3 Å². The Morgan fingerprint density at radius 3 is 2.58 bits per heavy atom. The summed E-state index contributed by atoms with van der Waals surface area (Å²) in [5.74, 6) is 1.95. The van der Waals surface area contributed by atoms with E-state index in [4.69, 9.17) is 15.1 Å². The molecule has 0 saturated carbocycles. The van der Waals surface area contributed by atoms with E-state index < -0.39 is 0 Å². The van der Waals surface area contributed by atoms with Gasteiger partial charge in [-0.1, -0.05) is 30.3 Å². The van der Waals surface area contributed by atoms with Crippen molar-refractivity contribution >= 4 is 27.4 Å². The second-order valence-corrected chi connectivity index (χ2v) is 7.99. The van der Waals surface area contributed by atoms with Crippen LogP contribution in [0.4, 0.5) is 5.82 Å². The van der Waals surface area contributed by atoms with E-state index in [9.17, 15) is 0 Å². The lowest BCUT2D eigenvalue weighted by atomic mass is 10.1. The number of aliphatic hydroxyl groups is 1. The molecular formula is C20H24N4OS. The summed E-state index contributed by atoms with van der Waals surface area (Å²) in [6, 6.07) is 12.6. The highest BCUT2D eigenvalue weighted by Gasteiger charge is 2.21. The molecule has 4 rings (SSSR count). The largest absolute Gasteiger partial charge is 0.395 e. The zero-order valence-electron chi connectivity index (χ0n) is 15.1. The molecule has 26 heavy (non-hydrogen) atoms. The van der Waals surface area contributed by atoms with Crippen LogP contribution < -0.4 is 4.90 Å². The maximum atomic E-state index is 9.15. The van der Waals surface area contributed by atoms with Crippen molar-refractivity contribution in [3.05, 3.63) is 52.7 Å². The summed E-state index contributed by atoms with van der Waals surface area (Å²) in [5.41, 5.74) is 1.24. The Kier molecular flexibility index (Phi) is 5.15. The summed E-state index contributed by atoms with van der Waals surface area (Å²) in [6.07, 6.45) is 0.755. The van der Waals surface area contributed by atoms with E-state index in [1.165, 1.54) is 15.8 Å². The van der Waals surface area contributed by atoms with Crippen LogP contribution in [0.2, 0.25) is 0 Å². The Morgan fingerprint density at radius 1 is 1.08 bits per heavy atom. The summed E-state index contributed by atoms with van der Waals surface area (Å²) in [4.78, 5) is 16.8. The molecule has 0 aliphatic carbocycles. The minimum Gasteiger partial charge on any atom is -0.395 e. The zero-order valence-corrected chi connectivity index (χ0v) is 15.9. The average molecular weight is 369 g/mol. The van der Waals surface area contributed by atoms with Crippen molar-refractivity contribution in [2.24, 2.45) is 0 Å². The van der Waals surface area contributed by atoms with Crippen LogP contribution in [0.3, 0.4) is 0 Å². The van der Waals surface area contributed by atoms with Gasteiger partial charge in [0.1, 0.15) is 16.5 Å². The topological polar surface area (TPSA) is 52.5 Å². The Labute approximate surface area is 157 Å². The number of aliphatic hydroxyl groups excluding tert-OH is 1. The number of piperazine rings is 1. The summed E-state index contributed by atoms with van der Waals surface area (Å²) in [7, 11) is 0. The van der Waals surface area contributed by atoms with Gasteiger partial charge in [-0.2, -0.15) is 0 Å². The lowest BCUT2D eigenvalue weighted by Gasteiger charge is -2.35. The smallest absolute Gasteiger partial charge is 0.141 e. The van der Waals surface area contributed by atoms with E-state index in [-0.39, 0.29) is 6.61 Å². The van der Waals surface area contributed by atoms with Crippen LogP contribution in [0, 0.1) is 6.92 Å². The van der Waals surface area contributed by atoms with E-state index in [0.29, 0.717) is 0 Å². The molecule has 1 saturated heterocycles. The van der Waals surface area contributed by atoms with Crippen LogP contribution in [0.5, 0.6) is 0 Å². The molecule has 0 unspecified atom stereocenters. The third-order valence-electron chi connectivity index (χ3n) is 4.84. The molecule has 1 aromatic carbocycles. The van der Waals surface area contributed by atoms with E-state index in [2.05, 4.69) is 47.1 Å². The Bertz CT molecular complexity index is 872. The SMILES string of the molecule is Cc1cc2c(N3CCN(CCO)CC3)nc(Cc3ccccc3)nc2s1. The molecule has 2 aromatic heterocycles. The molecular weight excluding hydrogens is 344 g/mol. The number of hydrogen-bond acceptors (Lipinski definition) is 6. The van der Waals surface area contributed by atoms with Crippen molar-refractivity contribution in [3.8, 4) is 0 Å². The van der Waals surface area contributed by atoms with Gasteiger partial charge in [-0.3, -0.25) is 4.90 Å². The Morgan fingerprint density at radius 2 is 1.85 bits per heavy atom. The highest BCUT2D eigenvalue weighted by atomic mass is 32.1. The molecule has 5 nitrogen and oxygen atoms in total. The molecule has 1 aliphatic heterocycles. The number of rotatable bonds is 5. The van der Waals surface area contributed by atoms with Gasteiger partial charge >= 0.3 is 0 Å². The minimum absolute atomic E-state index is 0.225. The Hall–Kier alpha value is -2.02. The molecule has 3 aromatic rings. The van der Waals surface area contributed by atoms with Crippen molar-refractivity contribution in [1.29, 1.82) is 0 Å². The van der Waals surface area contributed by atoms with Gasteiger partial charge in [0.15, 0.2) is 0 Å². The number of β-amino-alcohol motifs (C(OH)–C–C–N with tert-alkyl or cyclic N) is 1. The van der Waals surface area contributed by atoms with Crippen LogP contribution >= 0.6 is 11.3 Å². The van der Waals surface area contributed by atoms with E-state index >= 15 is 0 Å². The van der Waals surface area contributed by atoms with Gasteiger partial charge in [-0.15, -0.1) is 11.3 Å². The van der Waals surface area contributed by atoms with Gasteiger partial charge in [0.05, 0.1) is 12.0 Å². The lowest BCUT2D eigenvalue weighted by Crippen LogP contribution is -2.47. The quantitative estimate of drug-likeness (QED) is 0.750. The van der Waals surface area contributed by atoms with Crippen molar-refractivity contribution in [2.45, 2.75) is 13.3 Å². The molecule has 1 fully saturated rings. The maximum Gasteiger partial charge on any atom is 0.141 e. The third-order valence-corrected chi connectivity index (χ3v) is 5.78. The second kappa shape index (κ2) is 7.70. The number of anilines is 1. The van der Waals surface area contributed by atoms with Crippen LogP contribution in [0.25, 0.3) is 10.2 Å². The number of nitrogens with zero attached hydrogens (tertiary/aromatic N) is 4. The van der Waals surface area contributed by atoms with Crippen LogP contribution in [-0.2, 0) is 6.42 Å². The molecule has 0 amide bonds.